The number of hydrogen-bond donors (Lipinski definition) is 0. The second-order valence-electron chi connectivity index (χ2n) is 6.31. The van der Waals surface area contributed by atoms with Crippen molar-refractivity contribution < 1.29 is 13.9 Å². The molecule has 0 unspecified atom stereocenters. The van der Waals surface area contributed by atoms with Gasteiger partial charge in [-0.1, -0.05) is 35.9 Å². The molecule has 0 fully saturated rings. The summed E-state index contributed by atoms with van der Waals surface area (Å²) in [4.78, 5) is 12.5. The van der Waals surface area contributed by atoms with Crippen molar-refractivity contribution in [1.29, 1.82) is 0 Å². The zero-order valence-corrected chi connectivity index (χ0v) is 15.4. The number of allylic oxidation sites excluding steroid dienone is 1. The maximum Gasteiger partial charge on any atom is 0.286 e. The summed E-state index contributed by atoms with van der Waals surface area (Å²) < 4.78 is 17.2. The summed E-state index contributed by atoms with van der Waals surface area (Å²) in [5.41, 5.74) is 1.87. The molecule has 1 aromatic carbocycles. The second kappa shape index (κ2) is 8.94. The van der Waals surface area contributed by atoms with E-state index in [2.05, 4.69) is 11.8 Å². The molecular weight excluding hydrogens is 331 g/mol. The Morgan fingerprint density at radius 1 is 1.33 bits per heavy atom. The summed E-state index contributed by atoms with van der Waals surface area (Å²) >= 11 is 6.27. The highest BCUT2D eigenvalue weighted by Crippen LogP contribution is 2.26. The molecule has 0 aliphatic rings. The van der Waals surface area contributed by atoms with Gasteiger partial charge in [0.2, 0.25) is 0 Å². The number of hydrazone groups is 1. The van der Waals surface area contributed by atoms with Crippen molar-refractivity contribution in [2.45, 2.75) is 39.8 Å². The number of halogens is 2. The molecule has 0 saturated carbocycles. The van der Waals surface area contributed by atoms with Crippen molar-refractivity contribution in [3.8, 4) is 0 Å². The lowest BCUT2D eigenvalue weighted by atomic mass is 10.0. The van der Waals surface area contributed by atoms with Gasteiger partial charge in [0.05, 0.1) is 18.8 Å². The lowest BCUT2D eigenvalue weighted by molar-refractivity contribution is -0.130. The number of rotatable bonds is 7. The molecule has 0 atom stereocenters. The highest BCUT2D eigenvalue weighted by molar-refractivity contribution is 6.45. The molecule has 0 aliphatic carbocycles. The predicted octanol–water partition coefficient (Wildman–Crippen LogP) is 4.39. The fourth-order valence-corrected chi connectivity index (χ4v) is 2.25. The van der Waals surface area contributed by atoms with Crippen molar-refractivity contribution >= 4 is 29.8 Å². The fraction of sp³-hybridized carbons (Fsp3) is 0.444. The highest BCUT2D eigenvalue weighted by Gasteiger charge is 2.28. The average Bonchev–Trinajstić information content (AvgIpc) is 2.53. The van der Waals surface area contributed by atoms with Crippen molar-refractivity contribution in [3.05, 3.63) is 40.4 Å². The van der Waals surface area contributed by atoms with Crippen LogP contribution in [0.2, 0.25) is 0 Å². The van der Waals surface area contributed by atoms with Gasteiger partial charge in [0, 0.05) is 6.72 Å². The molecule has 1 amide bonds. The summed E-state index contributed by atoms with van der Waals surface area (Å²) in [6.45, 7) is 10.7. The lowest BCUT2D eigenvalue weighted by Gasteiger charge is -2.30. The van der Waals surface area contributed by atoms with Gasteiger partial charge in [-0.3, -0.25) is 4.79 Å². The monoisotopic (exact) mass is 354 g/mol. The number of carbonyl (C=O) groups is 1. The standard InChI is InChI=1S/C18H24ClFN2O2/c1-13(16(19)17(23)22(21-5)18(2,3)4)15-8-6-14(7-9-15)12-24-11-10-20/h6-9H,5,10-12H2,1-4H3/b16-13-. The Balaban J connectivity index is 2.97. The zero-order valence-electron chi connectivity index (χ0n) is 14.6. The molecule has 0 saturated heterocycles. The van der Waals surface area contributed by atoms with E-state index in [4.69, 9.17) is 16.3 Å². The minimum absolute atomic E-state index is 0.0816. The first-order valence-corrected chi connectivity index (χ1v) is 8.00. The Labute approximate surface area is 147 Å². The topological polar surface area (TPSA) is 41.9 Å². The molecule has 0 heterocycles. The molecule has 1 rings (SSSR count). The van der Waals surface area contributed by atoms with Gasteiger partial charge in [0.25, 0.3) is 5.91 Å². The molecule has 0 radical (unpaired) electrons. The van der Waals surface area contributed by atoms with Crippen LogP contribution < -0.4 is 0 Å². The van der Waals surface area contributed by atoms with Crippen LogP contribution in [0.3, 0.4) is 0 Å². The van der Waals surface area contributed by atoms with E-state index in [-0.39, 0.29) is 11.6 Å². The molecule has 132 valence electrons. The molecular formula is C18H24ClFN2O2. The summed E-state index contributed by atoms with van der Waals surface area (Å²) in [6, 6.07) is 7.42. The quantitative estimate of drug-likeness (QED) is 0.315. The van der Waals surface area contributed by atoms with E-state index in [0.29, 0.717) is 12.2 Å². The number of amides is 1. The van der Waals surface area contributed by atoms with E-state index < -0.39 is 18.1 Å². The van der Waals surface area contributed by atoms with E-state index in [1.807, 2.05) is 45.0 Å². The van der Waals surface area contributed by atoms with E-state index in [0.717, 1.165) is 11.1 Å². The molecule has 24 heavy (non-hydrogen) atoms. The summed E-state index contributed by atoms with van der Waals surface area (Å²) in [5.74, 6) is -0.396. The Morgan fingerprint density at radius 3 is 2.38 bits per heavy atom. The number of ether oxygens (including phenoxy) is 1. The lowest BCUT2D eigenvalue weighted by Crippen LogP contribution is -2.41. The van der Waals surface area contributed by atoms with Crippen LogP contribution in [0, 0.1) is 0 Å². The molecule has 6 heteroatoms. The van der Waals surface area contributed by atoms with Crippen LogP contribution in [0.15, 0.2) is 34.4 Å². The molecule has 0 bridgehead atoms. The zero-order chi connectivity index (χ0) is 18.3. The van der Waals surface area contributed by atoms with Crippen molar-refractivity contribution in [1.82, 2.24) is 5.01 Å². The summed E-state index contributed by atoms with van der Waals surface area (Å²) in [7, 11) is 0. The highest BCUT2D eigenvalue weighted by atomic mass is 35.5. The van der Waals surface area contributed by atoms with E-state index >= 15 is 0 Å². The van der Waals surface area contributed by atoms with Gasteiger partial charge < -0.3 is 4.74 Å². The molecule has 0 aromatic heterocycles. The first kappa shape index (κ1) is 20.3. The van der Waals surface area contributed by atoms with Crippen molar-refractivity contribution in [2.24, 2.45) is 5.10 Å². The van der Waals surface area contributed by atoms with Crippen LogP contribution in [0.25, 0.3) is 5.57 Å². The van der Waals surface area contributed by atoms with Crippen LogP contribution in [0.1, 0.15) is 38.8 Å². The predicted molar refractivity (Wildman–Crippen MR) is 96.7 cm³/mol. The second-order valence-corrected chi connectivity index (χ2v) is 6.68. The van der Waals surface area contributed by atoms with Gasteiger partial charge in [-0.15, -0.1) is 0 Å². The van der Waals surface area contributed by atoms with Gasteiger partial charge >= 0.3 is 0 Å². The SMILES string of the molecule is C=NN(C(=O)/C(Cl)=C(\C)c1ccc(COCCF)cc1)C(C)(C)C. The Hall–Kier alpha value is -1.72. The number of hydrogen-bond acceptors (Lipinski definition) is 3. The van der Waals surface area contributed by atoms with Crippen LogP contribution in [0.5, 0.6) is 0 Å². The normalized spacial score (nSPS) is 12.6. The third kappa shape index (κ3) is 5.42. The maximum absolute atomic E-state index is 12.5. The van der Waals surface area contributed by atoms with E-state index in [9.17, 15) is 9.18 Å². The third-order valence-electron chi connectivity index (χ3n) is 3.36. The number of alkyl halides is 1. The number of nitrogens with zero attached hydrogens (tertiary/aromatic N) is 2. The van der Waals surface area contributed by atoms with E-state index in [1.165, 1.54) is 5.01 Å². The minimum Gasteiger partial charge on any atom is -0.374 e. The van der Waals surface area contributed by atoms with Crippen molar-refractivity contribution in [2.75, 3.05) is 13.3 Å². The van der Waals surface area contributed by atoms with Crippen molar-refractivity contribution in [3.63, 3.8) is 0 Å². The molecule has 0 spiro atoms. The molecule has 1 aromatic rings. The maximum atomic E-state index is 12.5. The minimum atomic E-state index is -0.517. The summed E-state index contributed by atoms with van der Waals surface area (Å²) in [5, 5.41) is 5.14. The van der Waals surface area contributed by atoms with Crippen LogP contribution in [0.4, 0.5) is 4.39 Å². The van der Waals surface area contributed by atoms with Crippen LogP contribution in [-0.4, -0.2) is 36.5 Å². The number of benzene rings is 1. The van der Waals surface area contributed by atoms with E-state index in [1.54, 1.807) is 6.92 Å². The van der Waals surface area contributed by atoms with Gasteiger partial charge in [0.15, 0.2) is 0 Å². The fourth-order valence-electron chi connectivity index (χ4n) is 2.06. The molecule has 0 N–H and O–H groups in total. The summed E-state index contributed by atoms with van der Waals surface area (Å²) in [6.07, 6.45) is 0. The number of carbonyl (C=O) groups excluding carboxylic acids is 1. The third-order valence-corrected chi connectivity index (χ3v) is 3.81. The Bertz CT molecular complexity index is 606. The smallest absolute Gasteiger partial charge is 0.286 e. The first-order valence-electron chi connectivity index (χ1n) is 7.63. The van der Waals surface area contributed by atoms with Gasteiger partial charge in [0.1, 0.15) is 11.7 Å². The largest absolute Gasteiger partial charge is 0.374 e. The molecule has 4 nitrogen and oxygen atoms in total. The van der Waals surface area contributed by atoms with Gasteiger partial charge in [-0.05, 0) is 44.4 Å². The van der Waals surface area contributed by atoms with Gasteiger partial charge in [-0.25, -0.2) is 9.40 Å². The molecule has 0 aliphatic heterocycles. The van der Waals surface area contributed by atoms with Gasteiger partial charge in [-0.2, -0.15) is 5.10 Å². The van der Waals surface area contributed by atoms with Crippen LogP contribution >= 0.6 is 11.6 Å². The average molecular weight is 355 g/mol. The van der Waals surface area contributed by atoms with Crippen LogP contribution in [-0.2, 0) is 16.1 Å². The Morgan fingerprint density at radius 2 is 1.92 bits per heavy atom. The Kier molecular flexibility index (Phi) is 7.58. The first-order chi connectivity index (χ1) is 11.2.